The lowest BCUT2D eigenvalue weighted by Crippen LogP contribution is -2.36. The topological polar surface area (TPSA) is 37.4 Å². The van der Waals surface area contributed by atoms with Gasteiger partial charge in [0, 0.05) is 13.1 Å². The van der Waals surface area contributed by atoms with Crippen LogP contribution in [-0.4, -0.2) is 31.6 Å². The summed E-state index contributed by atoms with van der Waals surface area (Å²) in [5.74, 6) is 1.11. The van der Waals surface area contributed by atoms with Crippen LogP contribution in [0.1, 0.15) is 44.9 Å². The molecule has 3 fully saturated rings. The molecule has 0 atom stereocenters. The first-order chi connectivity index (χ1) is 7.60. The van der Waals surface area contributed by atoms with Crippen LogP contribution >= 0.6 is 0 Å². The normalized spacial score (nSPS) is 29.5. The van der Waals surface area contributed by atoms with Crippen LogP contribution in [0.25, 0.3) is 0 Å². The second-order valence-electron chi connectivity index (χ2n) is 5.99. The lowest BCUT2D eigenvalue weighted by Gasteiger charge is -2.38. The Hall–Kier alpha value is -0.0900. The molecule has 3 nitrogen and oxygen atoms in total. The van der Waals surface area contributed by atoms with Crippen molar-refractivity contribution in [1.82, 2.24) is 4.31 Å². The highest BCUT2D eigenvalue weighted by atomic mass is 32.2. The molecule has 1 spiro atoms. The third kappa shape index (κ3) is 2.02. The molecule has 3 aliphatic rings. The zero-order chi connectivity index (χ0) is 11.2. The quantitative estimate of drug-likeness (QED) is 0.757. The molecule has 0 amide bonds. The standard InChI is InChI=1S/C12H21NO2S/c14-16(15,9-4-11-2-3-11)13-8-7-12(10-13)5-1-6-12/h11H,1-10H2. The van der Waals surface area contributed by atoms with E-state index in [2.05, 4.69) is 0 Å². The van der Waals surface area contributed by atoms with Gasteiger partial charge in [-0.2, -0.15) is 0 Å². The van der Waals surface area contributed by atoms with Gasteiger partial charge in [-0.15, -0.1) is 0 Å². The molecule has 0 unspecified atom stereocenters. The minimum Gasteiger partial charge on any atom is -0.212 e. The SMILES string of the molecule is O=S(=O)(CCC1CC1)N1CCC2(CCC2)C1. The Morgan fingerprint density at radius 2 is 1.94 bits per heavy atom. The summed E-state index contributed by atoms with van der Waals surface area (Å²) in [5.41, 5.74) is 0.395. The molecule has 0 radical (unpaired) electrons. The van der Waals surface area contributed by atoms with Gasteiger partial charge in [0.05, 0.1) is 5.75 Å². The van der Waals surface area contributed by atoms with Crippen molar-refractivity contribution in [2.24, 2.45) is 11.3 Å². The van der Waals surface area contributed by atoms with Gasteiger partial charge < -0.3 is 0 Å². The van der Waals surface area contributed by atoms with E-state index in [1.165, 1.54) is 32.1 Å². The van der Waals surface area contributed by atoms with Crippen LogP contribution in [0.3, 0.4) is 0 Å². The Kier molecular flexibility index (Phi) is 2.55. The average Bonchev–Trinajstić information content (AvgIpc) is 2.89. The number of sulfonamides is 1. The van der Waals surface area contributed by atoms with Crippen molar-refractivity contribution in [2.45, 2.75) is 44.9 Å². The van der Waals surface area contributed by atoms with Crippen molar-refractivity contribution in [2.75, 3.05) is 18.8 Å². The van der Waals surface area contributed by atoms with Gasteiger partial charge in [-0.3, -0.25) is 0 Å². The lowest BCUT2D eigenvalue weighted by atomic mass is 9.68. The van der Waals surface area contributed by atoms with E-state index in [-0.39, 0.29) is 0 Å². The Balaban J connectivity index is 1.58. The summed E-state index contributed by atoms with van der Waals surface area (Å²) in [6.45, 7) is 1.60. The van der Waals surface area contributed by atoms with E-state index in [0.717, 1.165) is 31.8 Å². The van der Waals surface area contributed by atoms with Crippen molar-refractivity contribution >= 4 is 10.0 Å². The van der Waals surface area contributed by atoms with Crippen molar-refractivity contribution in [3.05, 3.63) is 0 Å². The van der Waals surface area contributed by atoms with Gasteiger partial charge in [0.2, 0.25) is 10.0 Å². The summed E-state index contributed by atoms with van der Waals surface area (Å²) >= 11 is 0. The van der Waals surface area contributed by atoms with Gasteiger partial charge in [0.1, 0.15) is 0 Å². The molecule has 1 heterocycles. The van der Waals surface area contributed by atoms with Crippen molar-refractivity contribution in [3.8, 4) is 0 Å². The van der Waals surface area contributed by atoms with Crippen LogP contribution in [0.5, 0.6) is 0 Å². The minimum absolute atomic E-state index is 0.395. The highest BCUT2D eigenvalue weighted by Gasteiger charge is 2.46. The Morgan fingerprint density at radius 1 is 1.19 bits per heavy atom. The van der Waals surface area contributed by atoms with E-state index in [1.807, 2.05) is 0 Å². The zero-order valence-electron chi connectivity index (χ0n) is 9.82. The molecule has 16 heavy (non-hydrogen) atoms. The van der Waals surface area contributed by atoms with E-state index in [4.69, 9.17) is 0 Å². The largest absolute Gasteiger partial charge is 0.214 e. The smallest absolute Gasteiger partial charge is 0.212 e. The van der Waals surface area contributed by atoms with Crippen LogP contribution in [0.15, 0.2) is 0 Å². The van der Waals surface area contributed by atoms with Crippen molar-refractivity contribution in [1.29, 1.82) is 0 Å². The molecule has 3 rings (SSSR count). The van der Waals surface area contributed by atoms with Crippen LogP contribution in [0, 0.1) is 11.3 Å². The summed E-state index contributed by atoms with van der Waals surface area (Å²) in [5, 5.41) is 0. The number of rotatable bonds is 4. The van der Waals surface area contributed by atoms with Crippen LogP contribution in [-0.2, 0) is 10.0 Å². The molecule has 4 heteroatoms. The number of nitrogens with zero attached hydrogens (tertiary/aromatic N) is 1. The molecular formula is C12H21NO2S. The average molecular weight is 243 g/mol. The predicted octanol–water partition coefficient (Wildman–Crippen LogP) is 1.99. The van der Waals surface area contributed by atoms with Gasteiger partial charge in [0.25, 0.3) is 0 Å². The highest BCUT2D eigenvalue weighted by Crippen LogP contribution is 2.48. The third-order valence-corrected chi connectivity index (χ3v) is 6.54. The molecule has 0 aromatic rings. The monoisotopic (exact) mass is 243 g/mol. The first kappa shape index (κ1) is 11.0. The summed E-state index contributed by atoms with van der Waals surface area (Å²) in [7, 11) is -2.93. The van der Waals surface area contributed by atoms with E-state index >= 15 is 0 Å². The van der Waals surface area contributed by atoms with E-state index in [1.54, 1.807) is 4.31 Å². The lowest BCUT2D eigenvalue weighted by molar-refractivity contribution is 0.153. The van der Waals surface area contributed by atoms with Crippen molar-refractivity contribution in [3.63, 3.8) is 0 Å². The maximum absolute atomic E-state index is 12.1. The summed E-state index contributed by atoms with van der Waals surface area (Å²) < 4.78 is 26.0. The Labute approximate surface area is 98.3 Å². The van der Waals surface area contributed by atoms with Gasteiger partial charge in [-0.25, -0.2) is 12.7 Å². The molecule has 2 saturated carbocycles. The fourth-order valence-corrected chi connectivity index (χ4v) is 4.80. The molecular weight excluding hydrogens is 222 g/mol. The fraction of sp³-hybridized carbons (Fsp3) is 1.00. The van der Waals surface area contributed by atoms with Crippen LogP contribution in [0.2, 0.25) is 0 Å². The highest BCUT2D eigenvalue weighted by molar-refractivity contribution is 7.89. The zero-order valence-corrected chi connectivity index (χ0v) is 10.6. The summed E-state index contributed by atoms with van der Waals surface area (Å²) in [6.07, 6.45) is 8.31. The molecule has 1 aliphatic heterocycles. The fourth-order valence-electron chi connectivity index (χ4n) is 3.07. The minimum atomic E-state index is -2.93. The Bertz CT molecular complexity index is 368. The number of hydrogen-bond donors (Lipinski definition) is 0. The molecule has 1 saturated heterocycles. The maximum atomic E-state index is 12.1. The summed E-state index contributed by atoms with van der Waals surface area (Å²) in [6, 6.07) is 0. The van der Waals surface area contributed by atoms with Crippen LogP contribution in [0.4, 0.5) is 0 Å². The van der Waals surface area contributed by atoms with E-state index < -0.39 is 10.0 Å². The number of hydrogen-bond acceptors (Lipinski definition) is 2. The van der Waals surface area contributed by atoms with Crippen LogP contribution < -0.4 is 0 Å². The van der Waals surface area contributed by atoms with Crippen molar-refractivity contribution < 1.29 is 8.42 Å². The summed E-state index contributed by atoms with van der Waals surface area (Å²) in [4.78, 5) is 0. The first-order valence-corrected chi connectivity index (χ1v) is 8.19. The second-order valence-corrected chi connectivity index (χ2v) is 8.07. The maximum Gasteiger partial charge on any atom is 0.214 e. The molecule has 0 aromatic carbocycles. The molecule has 2 aliphatic carbocycles. The third-order valence-electron chi connectivity index (χ3n) is 4.69. The Morgan fingerprint density at radius 3 is 2.44 bits per heavy atom. The predicted molar refractivity (Wildman–Crippen MR) is 63.6 cm³/mol. The molecule has 0 bridgehead atoms. The second kappa shape index (κ2) is 3.70. The van der Waals surface area contributed by atoms with E-state index in [9.17, 15) is 8.42 Å². The first-order valence-electron chi connectivity index (χ1n) is 6.58. The van der Waals surface area contributed by atoms with Gasteiger partial charge in [-0.1, -0.05) is 19.3 Å². The van der Waals surface area contributed by atoms with Gasteiger partial charge in [-0.05, 0) is 37.0 Å². The van der Waals surface area contributed by atoms with Gasteiger partial charge >= 0.3 is 0 Å². The molecule has 0 aromatic heterocycles. The van der Waals surface area contributed by atoms with E-state index in [0.29, 0.717) is 11.2 Å². The molecule has 92 valence electrons. The van der Waals surface area contributed by atoms with Gasteiger partial charge in [0.15, 0.2) is 0 Å². The molecule has 0 N–H and O–H groups in total.